The van der Waals surface area contributed by atoms with E-state index in [1.165, 1.54) is 37.1 Å². The van der Waals surface area contributed by atoms with E-state index < -0.39 is 46.2 Å². The number of nitrogens with zero attached hydrogens (tertiary/aromatic N) is 2. The lowest BCUT2D eigenvalue weighted by Gasteiger charge is -2.32. The van der Waals surface area contributed by atoms with E-state index >= 15 is 0 Å². The zero-order valence-electron chi connectivity index (χ0n) is 21.1. The fraction of sp³-hybridized carbons (Fsp3) is 0.259. The van der Waals surface area contributed by atoms with Gasteiger partial charge in [-0.1, -0.05) is 54.1 Å². The van der Waals surface area contributed by atoms with Gasteiger partial charge in [0, 0.05) is 13.6 Å². The van der Waals surface area contributed by atoms with E-state index in [9.17, 15) is 31.2 Å². The highest BCUT2D eigenvalue weighted by molar-refractivity contribution is 7.92. The smallest absolute Gasteiger partial charge is 0.357 e. The van der Waals surface area contributed by atoms with Crippen LogP contribution < -0.4 is 9.62 Å². The van der Waals surface area contributed by atoms with Gasteiger partial charge in [-0.2, -0.15) is 13.2 Å². The van der Waals surface area contributed by atoms with Gasteiger partial charge in [-0.3, -0.25) is 13.9 Å². The molecule has 3 rings (SSSR count). The molecule has 0 unspecified atom stereocenters. The number of nitrogens with one attached hydrogen (secondary N) is 1. The van der Waals surface area contributed by atoms with Crippen LogP contribution in [0.5, 0.6) is 0 Å². The number of sulfonamides is 1. The number of hydrogen-bond donors (Lipinski definition) is 1. The molecule has 0 bridgehead atoms. The summed E-state index contributed by atoms with van der Waals surface area (Å²) in [5, 5.41) is 2.47. The molecule has 2 amide bonds. The maximum absolute atomic E-state index is 13.7. The third-order valence-electron chi connectivity index (χ3n) is 5.96. The van der Waals surface area contributed by atoms with E-state index in [-0.39, 0.29) is 17.1 Å². The van der Waals surface area contributed by atoms with Gasteiger partial charge in [0.05, 0.1) is 16.1 Å². The molecule has 0 heterocycles. The summed E-state index contributed by atoms with van der Waals surface area (Å²) in [6.07, 6.45) is -4.73. The highest BCUT2D eigenvalue weighted by Crippen LogP contribution is 2.33. The molecule has 7 nitrogen and oxygen atoms in total. The first-order chi connectivity index (χ1) is 17.8. The second kappa shape index (κ2) is 11.7. The Kier molecular flexibility index (Phi) is 8.82. The Balaban J connectivity index is 2.09. The minimum absolute atomic E-state index is 0.0186. The van der Waals surface area contributed by atoms with Crippen LogP contribution in [0.3, 0.4) is 0 Å². The van der Waals surface area contributed by atoms with Crippen LogP contribution >= 0.6 is 0 Å². The summed E-state index contributed by atoms with van der Waals surface area (Å²) in [5.74, 6) is -1.25. The molecule has 0 aliphatic heterocycles. The first-order valence-electron chi connectivity index (χ1n) is 11.7. The minimum atomic E-state index is -4.73. The Morgan fingerprint density at radius 1 is 0.947 bits per heavy atom. The molecule has 0 spiro atoms. The summed E-state index contributed by atoms with van der Waals surface area (Å²) in [4.78, 5) is 27.1. The number of amides is 2. The van der Waals surface area contributed by atoms with Crippen molar-refractivity contribution in [2.24, 2.45) is 0 Å². The maximum atomic E-state index is 13.7. The summed E-state index contributed by atoms with van der Waals surface area (Å²) in [6.45, 7) is 2.40. The Bertz CT molecular complexity index is 1380. The quantitative estimate of drug-likeness (QED) is 0.431. The van der Waals surface area contributed by atoms with Gasteiger partial charge < -0.3 is 10.2 Å². The Morgan fingerprint density at radius 2 is 1.58 bits per heavy atom. The predicted molar refractivity (Wildman–Crippen MR) is 138 cm³/mol. The molecule has 0 aliphatic rings. The summed E-state index contributed by atoms with van der Waals surface area (Å²) in [6, 6.07) is 17.3. The number of likely N-dealkylation sites (N-methyl/N-ethyl adjacent to an activating group) is 1. The van der Waals surface area contributed by atoms with Crippen LogP contribution in [0, 0.1) is 6.92 Å². The van der Waals surface area contributed by atoms with Crippen molar-refractivity contribution >= 4 is 27.5 Å². The summed E-state index contributed by atoms with van der Waals surface area (Å²) < 4.78 is 68.4. The zero-order valence-corrected chi connectivity index (χ0v) is 21.9. The molecule has 202 valence electrons. The fourth-order valence-corrected chi connectivity index (χ4v) is 5.18. The zero-order chi connectivity index (χ0) is 28.1. The van der Waals surface area contributed by atoms with Gasteiger partial charge in [-0.05, 0) is 49.7 Å². The van der Waals surface area contributed by atoms with Gasteiger partial charge in [0.25, 0.3) is 10.0 Å². The lowest BCUT2D eigenvalue weighted by molar-refractivity contribution is -0.139. The molecule has 1 atom stereocenters. The molecule has 0 aromatic heterocycles. The largest absolute Gasteiger partial charge is 0.416 e. The lowest BCUT2D eigenvalue weighted by atomic mass is 10.1. The minimum Gasteiger partial charge on any atom is -0.357 e. The van der Waals surface area contributed by atoms with E-state index in [4.69, 9.17) is 0 Å². The molecule has 0 radical (unpaired) electrons. The van der Waals surface area contributed by atoms with Crippen molar-refractivity contribution in [2.75, 3.05) is 17.9 Å². The number of carbonyl (C=O) groups excluding carboxylic acids is 2. The Labute approximate surface area is 219 Å². The number of carbonyl (C=O) groups is 2. The first kappa shape index (κ1) is 28.7. The van der Waals surface area contributed by atoms with Crippen LogP contribution in [0.4, 0.5) is 18.9 Å². The Morgan fingerprint density at radius 3 is 2.16 bits per heavy atom. The second-order valence-electron chi connectivity index (χ2n) is 8.67. The molecule has 0 saturated carbocycles. The number of alkyl halides is 3. The van der Waals surface area contributed by atoms with Gasteiger partial charge in [-0.25, -0.2) is 8.42 Å². The molecule has 0 saturated heterocycles. The molecule has 0 aliphatic carbocycles. The topological polar surface area (TPSA) is 86.8 Å². The van der Waals surface area contributed by atoms with Gasteiger partial charge >= 0.3 is 6.18 Å². The monoisotopic (exact) mass is 547 g/mol. The third-order valence-corrected chi connectivity index (χ3v) is 7.75. The van der Waals surface area contributed by atoms with Crippen LogP contribution in [0.1, 0.15) is 23.6 Å². The van der Waals surface area contributed by atoms with E-state index in [0.29, 0.717) is 15.9 Å². The average molecular weight is 548 g/mol. The van der Waals surface area contributed by atoms with Crippen molar-refractivity contribution < 1.29 is 31.2 Å². The molecular formula is C27H28F3N3O4S. The number of rotatable bonds is 9. The van der Waals surface area contributed by atoms with Gasteiger partial charge in [0.1, 0.15) is 12.6 Å². The normalized spacial score (nSPS) is 12.5. The standard InChI is InChI=1S/C27H28F3N3O4S/c1-19-12-14-24(15-13-19)38(36,37)33(23-11-7-10-22(16-23)27(28,29)30)18-25(34)32(20(2)26(35)31-3)17-21-8-5-4-6-9-21/h4-16,20H,17-18H2,1-3H3,(H,31,35)/t20-/m1/s1. The van der Waals surface area contributed by atoms with Gasteiger partial charge in [0.2, 0.25) is 11.8 Å². The lowest BCUT2D eigenvalue weighted by Crippen LogP contribution is -2.50. The van der Waals surface area contributed by atoms with Gasteiger partial charge in [0.15, 0.2) is 0 Å². The van der Waals surface area contributed by atoms with Crippen molar-refractivity contribution in [3.05, 3.63) is 95.6 Å². The summed E-state index contributed by atoms with van der Waals surface area (Å²) in [7, 11) is -3.06. The highest BCUT2D eigenvalue weighted by atomic mass is 32.2. The van der Waals surface area contributed by atoms with Crippen molar-refractivity contribution in [3.8, 4) is 0 Å². The molecule has 1 N–H and O–H groups in total. The number of halogens is 3. The predicted octanol–water partition coefficient (Wildman–Crippen LogP) is 4.37. The molecule has 0 fully saturated rings. The number of anilines is 1. The van der Waals surface area contributed by atoms with Crippen LogP contribution in [0.2, 0.25) is 0 Å². The molecule has 3 aromatic rings. The van der Waals surface area contributed by atoms with Gasteiger partial charge in [-0.15, -0.1) is 0 Å². The second-order valence-corrected chi connectivity index (χ2v) is 10.5. The third kappa shape index (κ3) is 6.71. The number of aryl methyl sites for hydroxylation is 1. The van der Waals surface area contributed by atoms with Crippen LogP contribution in [0.15, 0.2) is 83.8 Å². The summed E-state index contributed by atoms with van der Waals surface area (Å²) in [5.41, 5.74) is 0.0649. The maximum Gasteiger partial charge on any atom is 0.416 e. The van der Waals surface area contributed by atoms with E-state index in [1.54, 1.807) is 49.4 Å². The van der Waals surface area contributed by atoms with Crippen molar-refractivity contribution in [2.45, 2.75) is 37.5 Å². The summed E-state index contributed by atoms with van der Waals surface area (Å²) >= 11 is 0. The van der Waals surface area contributed by atoms with Crippen molar-refractivity contribution in [1.82, 2.24) is 10.2 Å². The van der Waals surface area contributed by atoms with Crippen molar-refractivity contribution in [1.29, 1.82) is 0 Å². The molecule has 3 aromatic carbocycles. The Hall–Kier alpha value is -3.86. The number of benzene rings is 3. The van der Waals surface area contributed by atoms with E-state index in [1.807, 2.05) is 0 Å². The first-order valence-corrected chi connectivity index (χ1v) is 13.1. The van der Waals surface area contributed by atoms with E-state index in [2.05, 4.69) is 5.32 Å². The van der Waals surface area contributed by atoms with Crippen LogP contribution in [-0.4, -0.2) is 44.8 Å². The van der Waals surface area contributed by atoms with Crippen LogP contribution in [0.25, 0.3) is 0 Å². The molecule has 11 heteroatoms. The molecule has 38 heavy (non-hydrogen) atoms. The number of hydrogen-bond acceptors (Lipinski definition) is 4. The van der Waals surface area contributed by atoms with Crippen molar-refractivity contribution in [3.63, 3.8) is 0 Å². The van der Waals surface area contributed by atoms with Crippen LogP contribution in [-0.2, 0) is 32.3 Å². The highest BCUT2D eigenvalue weighted by Gasteiger charge is 2.35. The average Bonchev–Trinajstić information content (AvgIpc) is 2.89. The fourth-order valence-electron chi connectivity index (χ4n) is 3.78. The molecular weight excluding hydrogens is 519 g/mol. The SMILES string of the molecule is CNC(=O)[C@@H](C)N(Cc1ccccc1)C(=O)CN(c1cccc(C(F)(F)F)c1)S(=O)(=O)c1ccc(C)cc1. The van der Waals surface area contributed by atoms with E-state index in [0.717, 1.165) is 17.7 Å².